The molecule has 0 spiro atoms. The zero-order valence-electron chi connectivity index (χ0n) is 27.7. The van der Waals surface area contributed by atoms with Crippen molar-refractivity contribution in [2.24, 2.45) is 23.7 Å². The molecule has 0 saturated heterocycles. The fourth-order valence-corrected chi connectivity index (χ4v) is 6.93. The van der Waals surface area contributed by atoms with Gasteiger partial charge in [-0.1, -0.05) is 147 Å². The number of hydrogen-bond acceptors (Lipinski definition) is 2. The Morgan fingerprint density at radius 3 is 1.52 bits per heavy atom. The van der Waals surface area contributed by atoms with Crippen LogP contribution in [0.5, 0.6) is 0 Å². The third kappa shape index (κ3) is 20.3. The number of aliphatic carboxylic acids is 2. The van der Waals surface area contributed by atoms with Crippen LogP contribution in [0, 0.1) is 23.7 Å². The second-order valence-electron chi connectivity index (χ2n) is 13.2. The van der Waals surface area contributed by atoms with Crippen molar-refractivity contribution in [3.05, 3.63) is 24.3 Å². The molecule has 1 rings (SSSR count). The summed E-state index contributed by atoms with van der Waals surface area (Å²) in [6.07, 6.45) is 40.5. The molecular weight excluding hydrogens is 520 g/mol. The first-order chi connectivity index (χ1) is 20.5. The SMILES string of the molecule is CCCCCCC1C=CC(CCCCCCCCC(=O)O)C(CCCCCC)C1C=CCCCCCCCCC(=O)O. The van der Waals surface area contributed by atoms with Crippen molar-refractivity contribution >= 4 is 11.9 Å². The van der Waals surface area contributed by atoms with Gasteiger partial charge in [0, 0.05) is 12.8 Å². The Labute approximate surface area is 260 Å². The fraction of sp³-hybridized carbons (Fsp3) is 0.842. The summed E-state index contributed by atoms with van der Waals surface area (Å²) >= 11 is 0. The van der Waals surface area contributed by atoms with Gasteiger partial charge in [0.1, 0.15) is 0 Å². The van der Waals surface area contributed by atoms with Crippen LogP contribution in [0.3, 0.4) is 0 Å². The van der Waals surface area contributed by atoms with E-state index in [1.54, 1.807) is 0 Å². The minimum Gasteiger partial charge on any atom is -0.481 e. The maximum absolute atomic E-state index is 10.7. The van der Waals surface area contributed by atoms with Crippen LogP contribution < -0.4 is 0 Å². The van der Waals surface area contributed by atoms with Gasteiger partial charge in [-0.3, -0.25) is 9.59 Å². The number of hydrogen-bond donors (Lipinski definition) is 2. The number of carbonyl (C=O) groups is 2. The number of unbranched alkanes of at least 4 members (excludes halogenated alkanes) is 17. The molecule has 0 radical (unpaired) electrons. The Balaban J connectivity index is 2.69. The Hall–Kier alpha value is -1.58. The summed E-state index contributed by atoms with van der Waals surface area (Å²) in [5, 5.41) is 17.6. The topological polar surface area (TPSA) is 74.6 Å². The van der Waals surface area contributed by atoms with Gasteiger partial charge < -0.3 is 10.2 Å². The van der Waals surface area contributed by atoms with Gasteiger partial charge in [-0.05, 0) is 68.6 Å². The van der Waals surface area contributed by atoms with E-state index in [0.717, 1.165) is 38.0 Å². The lowest BCUT2D eigenvalue weighted by molar-refractivity contribution is -0.138. The largest absolute Gasteiger partial charge is 0.481 e. The average molecular weight is 589 g/mol. The van der Waals surface area contributed by atoms with Crippen molar-refractivity contribution in [1.29, 1.82) is 0 Å². The van der Waals surface area contributed by atoms with E-state index in [0.29, 0.717) is 30.6 Å². The van der Waals surface area contributed by atoms with E-state index in [1.165, 1.54) is 122 Å². The number of allylic oxidation sites excluding steroid dienone is 4. The molecule has 0 bridgehead atoms. The molecule has 0 amide bonds. The summed E-state index contributed by atoms with van der Waals surface area (Å²) in [6.45, 7) is 4.61. The van der Waals surface area contributed by atoms with Gasteiger partial charge in [0.2, 0.25) is 0 Å². The molecule has 4 atom stereocenters. The lowest BCUT2D eigenvalue weighted by atomic mass is 9.66. The van der Waals surface area contributed by atoms with Gasteiger partial charge >= 0.3 is 11.9 Å². The summed E-state index contributed by atoms with van der Waals surface area (Å²) in [4.78, 5) is 21.4. The second kappa shape index (κ2) is 27.0. The lowest BCUT2D eigenvalue weighted by Gasteiger charge is -2.39. The smallest absolute Gasteiger partial charge is 0.303 e. The molecular formula is C38H68O4. The average Bonchev–Trinajstić information content (AvgIpc) is 2.96. The van der Waals surface area contributed by atoms with Crippen LogP contribution in [-0.2, 0) is 9.59 Å². The van der Waals surface area contributed by atoms with E-state index in [9.17, 15) is 9.59 Å². The summed E-state index contributed by atoms with van der Waals surface area (Å²) in [5.74, 6) is 1.50. The molecule has 0 aromatic carbocycles. The van der Waals surface area contributed by atoms with Gasteiger partial charge in [0.25, 0.3) is 0 Å². The van der Waals surface area contributed by atoms with Crippen molar-refractivity contribution in [3.8, 4) is 0 Å². The summed E-state index contributed by atoms with van der Waals surface area (Å²) in [5.41, 5.74) is 0. The molecule has 1 aliphatic carbocycles. The van der Waals surface area contributed by atoms with Crippen molar-refractivity contribution < 1.29 is 19.8 Å². The van der Waals surface area contributed by atoms with Crippen LogP contribution in [-0.4, -0.2) is 22.2 Å². The summed E-state index contributed by atoms with van der Waals surface area (Å²) in [7, 11) is 0. The van der Waals surface area contributed by atoms with Crippen molar-refractivity contribution in [1.82, 2.24) is 0 Å². The fourth-order valence-electron chi connectivity index (χ4n) is 6.93. The molecule has 2 N–H and O–H groups in total. The molecule has 0 aliphatic heterocycles. The molecule has 4 heteroatoms. The van der Waals surface area contributed by atoms with E-state index < -0.39 is 11.9 Å². The van der Waals surface area contributed by atoms with Gasteiger partial charge in [-0.15, -0.1) is 0 Å². The minimum absolute atomic E-state index is 0.313. The van der Waals surface area contributed by atoms with Crippen molar-refractivity contribution in [2.45, 2.75) is 181 Å². The van der Waals surface area contributed by atoms with Crippen LogP contribution in [0.25, 0.3) is 0 Å². The van der Waals surface area contributed by atoms with E-state index in [4.69, 9.17) is 10.2 Å². The molecule has 0 aromatic rings. The van der Waals surface area contributed by atoms with Crippen molar-refractivity contribution in [2.75, 3.05) is 0 Å². The molecule has 42 heavy (non-hydrogen) atoms. The second-order valence-corrected chi connectivity index (χ2v) is 13.2. The molecule has 0 saturated carbocycles. The molecule has 0 heterocycles. The van der Waals surface area contributed by atoms with E-state index in [-0.39, 0.29) is 0 Å². The zero-order valence-corrected chi connectivity index (χ0v) is 27.7. The zero-order chi connectivity index (χ0) is 30.7. The molecule has 4 unspecified atom stereocenters. The quantitative estimate of drug-likeness (QED) is 0.0673. The molecule has 0 fully saturated rings. The van der Waals surface area contributed by atoms with Crippen LogP contribution >= 0.6 is 0 Å². The maximum atomic E-state index is 10.7. The van der Waals surface area contributed by atoms with Gasteiger partial charge in [-0.25, -0.2) is 0 Å². The minimum atomic E-state index is -0.669. The molecule has 244 valence electrons. The third-order valence-corrected chi connectivity index (χ3v) is 9.47. The molecule has 0 aromatic heterocycles. The normalized spacial score (nSPS) is 20.4. The molecule has 4 nitrogen and oxygen atoms in total. The first-order valence-corrected chi connectivity index (χ1v) is 18.3. The summed E-state index contributed by atoms with van der Waals surface area (Å²) < 4.78 is 0. The third-order valence-electron chi connectivity index (χ3n) is 9.47. The van der Waals surface area contributed by atoms with Crippen LogP contribution in [0.4, 0.5) is 0 Å². The van der Waals surface area contributed by atoms with Crippen LogP contribution in [0.2, 0.25) is 0 Å². The highest BCUT2D eigenvalue weighted by Crippen LogP contribution is 2.43. The van der Waals surface area contributed by atoms with E-state index in [1.807, 2.05) is 0 Å². The van der Waals surface area contributed by atoms with E-state index in [2.05, 4.69) is 38.2 Å². The number of carboxylic acids is 2. The Morgan fingerprint density at radius 2 is 0.976 bits per heavy atom. The van der Waals surface area contributed by atoms with Crippen molar-refractivity contribution in [3.63, 3.8) is 0 Å². The predicted octanol–water partition coefficient (Wildman–Crippen LogP) is 11.9. The van der Waals surface area contributed by atoms with Crippen LogP contribution in [0.1, 0.15) is 181 Å². The number of carboxylic acid groups (broad SMARTS) is 2. The summed E-state index contributed by atoms with van der Waals surface area (Å²) in [6, 6.07) is 0. The van der Waals surface area contributed by atoms with Gasteiger partial charge in [-0.2, -0.15) is 0 Å². The Morgan fingerprint density at radius 1 is 0.548 bits per heavy atom. The Kier molecular flexibility index (Phi) is 24.7. The standard InChI is InChI=1S/C38H68O4/c1-3-5-7-19-25-33-31-32-34(26-20-15-13-14-18-24-30-38(41)42)35(27-21-8-6-4-2)36(33)28-22-16-11-9-10-12-17-23-29-37(39)40/h22,28,31-36H,3-21,23-27,29-30H2,1-2H3,(H,39,40)(H,41,42). The number of rotatable bonds is 29. The van der Waals surface area contributed by atoms with Crippen LogP contribution in [0.15, 0.2) is 24.3 Å². The highest BCUT2D eigenvalue weighted by Gasteiger charge is 2.33. The van der Waals surface area contributed by atoms with E-state index >= 15 is 0 Å². The first kappa shape index (κ1) is 38.4. The highest BCUT2D eigenvalue weighted by molar-refractivity contribution is 5.66. The monoisotopic (exact) mass is 589 g/mol. The van der Waals surface area contributed by atoms with Gasteiger partial charge in [0.15, 0.2) is 0 Å². The van der Waals surface area contributed by atoms with Gasteiger partial charge in [0.05, 0.1) is 0 Å². The molecule has 1 aliphatic rings. The highest BCUT2D eigenvalue weighted by atomic mass is 16.4. The predicted molar refractivity (Wildman–Crippen MR) is 179 cm³/mol. The Bertz CT molecular complexity index is 712. The lowest BCUT2D eigenvalue weighted by Crippen LogP contribution is -2.30. The first-order valence-electron chi connectivity index (χ1n) is 18.3. The maximum Gasteiger partial charge on any atom is 0.303 e.